The summed E-state index contributed by atoms with van der Waals surface area (Å²) < 4.78 is 0. The summed E-state index contributed by atoms with van der Waals surface area (Å²) in [7, 11) is 0. The van der Waals surface area contributed by atoms with Crippen LogP contribution in [0.4, 0.5) is 0 Å². The monoisotopic (exact) mass is 274 g/mol. The van der Waals surface area contributed by atoms with Crippen LogP contribution >= 0.6 is 19.8 Å². The molecular weight excluding hydrogens is 264 g/mol. The molecule has 2 heteroatoms. The van der Waals surface area contributed by atoms with Crippen molar-refractivity contribution < 1.29 is 14.8 Å². The molecule has 0 aliphatic heterocycles. The van der Waals surface area contributed by atoms with E-state index >= 15 is 0 Å². The van der Waals surface area contributed by atoms with Crippen LogP contribution in [0.3, 0.4) is 0 Å². The first kappa shape index (κ1) is 9.35. The van der Waals surface area contributed by atoms with E-state index < -0.39 is 0 Å². The Morgan fingerprint density at radius 3 is 1.75 bits per heavy atom. The van der Waals surface area contributed by atoms with E-state index in [-0.39, 0.29) is 0 Å². The minimum absolute atomic E-state index is 0.796. The van der Waals surface area contributed by atoms with E-state index in [9.17, 15) is 0 Å². The van der Waals surface area contributed by atoms with Crippen molar-refractivity contribution in [1.82, 2.24) is 0 Å². The molecule has 44 valence electrons. The van der Waals surface area contributed by atoms with Crippen LogP contribution < -0.4 is 0 Å². The van der Waals surface area contributed by atoms with Crippen molar-refractivity contribution in [2.45, 2.75) is 25.7 Å². The van der Waals surface area contributed by atoms with Crippen LogP contribution in [-0.4, -0.2) is 0 Å². The fourth-order valence-corrected chi connectivity index (χ4v) is 1.01. The molecule has 0 nitrogen and oxygen atoms in total. The van der Waals surface area contributed by atoms with Crippen molar-refractivity contribution in [3.8, 4) is 0 Å². The predicted molar refractivity (Wildman–Crippen MR) is 41.3 cm³/mol. The fraction of sp³-hybridized carbons (Fsp3) is 0.833. The number of hydrogen-bond donors (Lipinski definition) is 0. The molecule has 0 bridgehead atoms. The minimum atomic E-state index is 0.796. The Bertz CT molecular complexity index is 41.8. The van der Waals surface area contributed by atoms with E-state index in [0.29, 0.717) is 0 Å². The Kier molecular flexibility index (Phi) is 7.57. The Hall–Kier alpha value is 1.35. The Morgan fingerprint density at radius 2 is 1.62 bits per heavy atom. The van der Waals surface area contributed by atoms with E-state index in [1.165, 1.54) is 40.5 Å². The Morgan fingerprint density at radius 1 is 1.25 bits per heavy atom. The third-order valence-electron chi connectivity index (χ3n) is 1.47. The molecule has 0 N–H and O–H groups in total. The van der Waals surface area contributed by atoms with Crippen LogP contribution in [0.2, 0.25) is 0 Å². The third kappa shape index (κ3) is 4.25. The maximum absolute atomic E-state index is 3.94. The normalized spacial score (nSPS) is 20.0. The van der Waals surface area contributed by atoms with Gasteiger partial charge >= 0.3 is 34.5 Å². The molecule has 1 saturated carbocycles. The van der Waals surface area contributed by atoms with Crippen molar-refractivity contribution in [2.24, 2.45) is 5.92 Å². The molecule has 0 radical (unpaired) electrons. The molecule has 0 amide bonds. The predicted octanol–water partition coefficient (Wildman–Crippen LogP) is 2.89. The van der Waals surface area contributed by atoms with Gasteiger partial charge in [0.05, 0.1) is 0 Å². The zero-order chi connectivity index (χ0) is 6.41. The molecule has 0 spiro atoms. The Balaban J connectivity index is 0.000000222. The summed E-state index contributed by atoms with van der Waals surface area (Å²) in [6.45, 7) is 3.94. The van der Waals surface area contributed by atoms with Gasteiger partial charge < -0.3 is 6.92 Å². The van der Waals surface area contributed by atoms with Gasteiger partial charge in [-0.1, -0.05) is 25.7 Å². The summed E-state index contributed by atoms with van der Waals surface area (Å²) in [5, 5.41) is 0. The van der Waals surface area contributed by atoms with Gasteiger partial charge in [0.2, 0.25) is 0 Å². The van der Waals surface area contributed by atoms with E-state index in [1.807, 2.05) is 0 Å². The summed E-state index contributed by atoms with van der Waals surface area (Å²) in [6.07, 6.45) is 5.60. The molecule has 1 aliphatic carbocycles. The molecule has 1 fully saturated rings. The number of rotatable bonds is 0. The third-order valence-corrected chi connectivity index (χ3v) is 1.47. The van der Waals surface area contributed by atoms with E-state index in [2.05, 4.69) is 26.7 Å². The molecule has 0 heterocycles. The fourth-order valence-electron chi connectivity index (χ4n) is 1.01. The first-order valence-corrected chi connectivity index (χ1v) is 12.0. The van der Waals surface area contributed by atoms with E-state index in [1.54, 1.807) is 0 Å². The van der Waals surface area contributed by atoms with Gasteiger partial charge in [0.15, 0.2) is 0 Å². The van der Waals surface area contributed by atoms with Crippen molar-refractivity contribution in [3.05, 3.63) is 6.92 Å². The van der Waals surface area contributed by atoms with Crippen molar-refractivity contribution in [2.75, 3.05) is 0 Å². The average molecular weight is 275 g/mol. The molecule has 8 heavy (non-hydrogen) atoms. The van der Waals surface area contributed by atoms with Gasteiger partial charge in [-0.2, -0.15) is 5.92 Å². The SMILES string of the molecule is [CH2-]C1CCCC1.[Zn+][I]. The van der Waals surface area contributed by atoms with Gasteiger partial charge in [0.1, 0.15) is 0 Å². The molecule has 0 saturated heterocycles. The summed E-state index contributed by atoms with van der Waals surface area (Å²) in [4.78, 5) is 0. The van der Waals surface area contributed by atoms with Gasteiger partial charge in [0.25, 0.3) is 0 Å². The van der Waals surface area contributed by atoms with Crippen LogP contribution in [0.25, 0.3) is 0 Å². The van der Waals surface area contributed by atoms with Crippen molar-refractivity contribution in [3.63, 3.8) is 0 Å². The topological polar surface area (TPSA) is 0 Å². The van der Waals surface area contributed by atoms with E-state index in [0.717, 1.165) is 5.92 Å². The molecule has 1 aliphatic rings. The average Bonchev–Trinajstić information content (AvgIpc) is 2.24. The van der Waals surface area contributed by atoms with Crippen LogP contribution in [0.15, 0.2) is 0 Å². The second kappa shape index (κ2) is 6.47. The molecule has 0 aromatic rings. The van der Waals surface area contributed by atoms with Gasteiger partial charge in [-0.05, 0) is 0 Å². The van der Waals surface area contributed by atoms with Gasteiger partial charge in [-0.3, -0.25) is 0 Å². The summed E-state index contributed by atoms with van der Waals surface area (Å²) >= 11 is 3.62. The second-order valence-corrected chi connectivity index (χ2v) is 2.15. The standard InChI is InChI=1S/C6H11.HI.Zn/c1-6-4-2-3-5-6;;/h6H,1-5H2;1H;/q-1;;+2/p-1. The molecular formula is C6H11IZn. The summed E-state index contributed by atoms with van der Waals surface area (Å²) in [5.41, 5.74) is 0. The van der Waals surface area contributed by atoms with Gasteiger partial charge in [-0.15, -0.1) is 0 Å². The number of halogens is 1. The molecule has 0 aromatic heterocycles. The maximum atomic E-state index is 3.94. The van der Waals surface area contributed by atoms with Crippen LogP contribution in [0, 0.1) is 12.8 Å². The van der Waals surface area contributed by atoms with Gasteiger partial charge in [0, 0.05) is 0 Å². The van der Waals surface area contributed by atoms with Crippen LogP contribution in [0.1, 0.15) is 25.7 Å². The first-order valence-electron chi connectivity index (χ1n) is 2.99. The van der Waals surface area contributed by atoms with Crippen molar-refractivity contribution >= 4 is 19.8 Å². The zero-order valence-corrected chi connectivity index (χ0v) is 10.3. The Labute approximate surface area is 72.7 Å². The first-order chi connectivity index (χ1) is 3.89. The molecule has 0 atom stereocenters. The van der Waals surface area contributed by atoms with Crippen LogP contribution in [-0.2, 0) is 14.8 Å². The molecule has 1 rings (SSSR count). The van der Waals surface area contributed by atoms with Gasteiger partial charge in [-0.25, -0.2) is 0 Å². The van der Waals surface area contributed by atoms with Crippen molar-refractivity contribution in [1.29, 1.82) is 0 Å². The van der Waals surface area contributed by atoms with Crippen LogP contribution in [0.5, 0.6) is 0 Å². The zero-order valence-electron chi connectivity index (χ0n) is 5.20. The molecule has 0 unspecified atom stereocenters. The summed E-state index contributed by atoms with van der Waals surface area (Å²) in [6, 6.07) is 0. The van der Waals surface area contributed by atoms with E-state index in [4.69, 9.17) is 0 Å². The summed E-state index contributed by atoms with van der Waals surface area (Å²) in [5.74, 6) is 0.796. The quantitative estimate of drug-likeness (QED) is 0.362. The second-order valence-electron chi connectivity index (χ2n) is 2.15. The number of hydrogen-bond acceptors (Lipinski definition) is 0. The molecule has 0 aromatic carbocycles.